The maximum atomic E-state index is 6.72. The van der Waals surface area contributed by atoms with E-state index in [1.165, 1.54) is 5.56 Å². The van der Waals surface area contributed by atoms with Crippen molar-refractivity contribution in [1.29, 1.82) is 0 Å². The first-order chi connectivity index (χ1) is 12.2. The molecule has 26 heavy (non-hydrogen) atoms. The molecule has 0 N–H and O–H groups in total. The molecule has 0 aliphatic heterocycles. The Kier molecular flexibility index (Phi) is 6.99. The minimum Gasteiger partial charge on any atom is -0.407 e. The lowest BCUT2D eigenvalue weighted by Crippen LogP contribution is -2.41. The molecule has 2 nitrogen and oxygen atoms in total. The fraction of sp³-hybridized carbons (Fsp3) is 0.391. The summed E-state index contributed by atoms with van der Waals surface area (Å²) in [7, 11) is -0.160. The molecular weight excluding hydrogens is 336 g/mol. The minimum atomic E-state index is -1.90. The van der Waals surface area contributed by atoms with E-state index in [1.54, 1.807) is 7.11 Å². The molecule has 0 aliphatic carbocycles. The molecule has 0 fully saturated rings. The van der Waals surface area contributed by atoms with Crippen molar-refractivity contribution in [1.82, 2.24) is 0 Å². The highest BCUT2D eigenvalue weighted by Crippen LogP contribution is 2.40. The fourth-order valence-electron chi connectivity index (χ4n) is 2.53. The van der Waals surface area contributed by atoms with Crippen LogP contribution in [0, 0.1) is 0 Å². The van der Waals surface area contributed by atoms with Crippen LogP contribution in [-0.4, -0.2) is 15.4 Å². The van der Waals surface area contributed by atoms with Crippen LogP contribution in [0.2, 0.25) is 18.1 Å². The van der Waals surface area contributed by atoms with Crippen LogP contribution in [0.1, 0.15) is 44.1 Å². The van der Waals surface area contributed by atoms with Crippen molar-refractivity contribution in [3.8, 4) is 0 Å². The molecule has 0 aliphatic rings. The van der Waals surface area contributed by atoms with Crippen LogP contribution in [0.25, 0.3) is 0 Å². The lowest BCUT2D eigenvalue weighted by molar-refractivity contribution is 0.140. The van der Waals surface area contributed by atoms with Crippen molar-refractivity contribution in [3.63, 3.8) is 0 Å². The number of benzene rings is 2. The Bertz CT molecular complexity index is 687. The highest BCUT2D eigenvalue weighted by Gasteiger charge is 2.39. The first-order valence-corrected chi connectivity index (χ1v) is 12.1. The van der Waals surface area contributed by atoms with Crippen LogP contribution in [0.15, 0.2) is 72.8 Å². The Morgan fingerprint density at radius 1 is 0.769 bits per heavy atom. The number of hydrogen-bond donors (Lipinski definition) is 0. The van der Waals surface area contributed by atoms with Gasteiger partial charge in [-0.2, -0.15) is 0 Å². The Morgan fingerprint density at radius 2 is 1.19 bits per heavy atom. The predicted molar refractivity (Wildman–Crippen MR) is 113 cm³/mol. The van der Waals surface area contributed by atoms with Crippen LogP contribution in [0.5, 0.6) is 0 Å². The highest BCUT2D eigenvalue weighted by molar-refractivity contribution is 6.74. The molecule has 0 radical (unpaired) electrons. The summed E-state index contributed by atoms with van der Waals surface area (Å²) in [5.74, 6) is 0. The quantitative estimate of drug-likeness (QED) is 0.400. The monoisotopic (exact) mass is 368 g/mol. The first-order valence-electron chi connectivity index (χ1n) is 9.23. The summed E-state index contributed by atoms with van der Waals surface area (Å²) < 4.78 is 12.4. The molecule has 140 valence electrons. The van der Waals surface area contributed by atoms with Crippen LogP contribution < -0.4 is 0 Å². The Balaban J connectivity index is 2.29. The summed E-state index contributed by atoms with van der Waals surface area (Å²) in [6.07, 6.45) is 4.11. The van der Waals surface area contributed by atoms with Gasteiger partial charge in [-0.15, -0.1) is 0 Å². The third kappa shape index (κ3) is 5.40. The number of hydrogen-bond acceptors (Lipinski definition) is 2. The molecule has 0 amide bonds. The summed E-state index contributed by atoms with van der Waals surface area (Å²) in [5.41, 5.74) is 2.32. The van der Waals surface area contributed by atoms with Crippen LogP contribution >= 0.6 is 0 Å². The normalized spacial score (nSPS) is 15.2. The molecule has 2 atom stereocenters. The molecule has 1 unspecified atom stereocenters. The van der Waals surface area contributed by atoms with Gasteiger partial charge in [0.05, 0.1) is 6.10 Å². The van der Waals surface area contributed by atoms with Gasteiger partial charge in [-0.25, -0.2) is 0 Å². The lowest BCUT2D eigenvalue weighted by Gasteiger charge is -2.38. The average molecular weight is 369 g/mol. The van der Waals surface area contributed by atoms with E-state index in [9.17, 15) is 0 Å². The second-order valence-electron chi connectivity index (χ2n) is 8.16. The second-order valence-corrected chi connectivity index (χ2v) is 12.9. The van der Waals surface area contributed by atoms with E-state index in [2.05, 4.69) is 82.4 Å². The second kappa shape index (κ2) is 8.80. The van der Waals surface area contributed by atoms with Crippen molar-refractivity contribution in [2.45, 2.75) is 51.1 Å². The van der Waals surface area contributed by atoms with E-state index in [1.807, 2.05) is 24.3 Å². The van der Waals surface area contributed by atoms with E-state index >= 15 is 0 Å². The van der Waals surface area contributed by atoms with E-state index < -0.39 is 8.32 Å². The number of rotatable bonds is 7. The zero-order valence-corrected chi connectivity index (χ0v) is 17.9. The summed E-state index contributed by atoms with van der Waals surface area (Å²) in [6.45, 7) is 11.4. The standard InChI is InChI=1S/C23H32O2Si/c1-23(2,3)26(5,6)25-22(20-15-11-8-12-16-20)18-17-21(24-4)19-13-9-7-10-14-19/h7-18,21-22H,1-6H3/b18-17+/t21?,22-/m0/s1. The van der Waals surface area contributed by atoms with Gasteiger partial charge in [0.15, 0.2) is 8.32 Å². The molecule has 2 aromatic rings. The third-order valence-corrected chi connectivity index (χ3v) is 9.65. The maximum absolute atomic E-state index is 6.72. The first kappa shape index (κ1) is 20.6. The van der Waals surface area contributed by atoms with Gasteiger partial charge in [-0.05, 0) is 29.3 Å². The molecule has 0 saturated heterocycles. The van der Waals surface area contributed by atoms with Crippen LogP contribution in [0.3, 0.4) is 0 Å². The van der Waals surface area contributed by atoms with E-state index in [0.717, 1.165) is 5.56 Å². The highest BCUT2D eigenvalue weighted by atomic mass is 28.4. The van der Waals surface area contributed by atoms with Gasteiger partial charge >= 0.3 is 0 Å². The van der Waals surface area contributed by atoms with Crippen LogP contribution in [-0.2, 0) is 9.16 Å². The molecule has 3 heteroatoms. The largest absolute Gasteiger partial charge is 0.407 e. The molecule has 0 heterocycles. The van der Waals surface area contributed by atoms with Gasteiger partial charge in [0, 0.05) is 7.11 Å². The van der Waals surface area contributed by atoms with Gasteiger partial charge in [0.2, 0.25) is 0 Å². The van der Waals surface area contributed by atoms with Gasteiger partial charge in [-0.1, -0.05) is 93.6 Å². The summed E-state index contributed by atoms with van der Waals surface area (Å²) in [5, 5.41) is 0.161. The SMILES string of the molecule is COC(/C=C/[C@H](O[Si](C)(C)C(C)(C)C)c1ccccc1)c1ccccc1. The van der Waals surface area contributed by atoms with E-state index in [-0.39, 0.29) is 17.2 Å². The molecule has 2 aromatic carbocycles. The molecule has 0 saturated carbocycles. The molecule has 0 spiro atoms. The summed E-state index contributed by atoms with van der Waals surface area (Å²) >= 11 is 0. The van der Waals surface area contributed by atoms with Gasteiger partial charge < -0.3 is 9.16 Å². The smallest absolute Gasteiger partial charge is 0.193 e. The summed E-state index contributed by atoms with van der Waals surface area (Å²) in [4.78, 5) is 0. The molecule has 2 rings (SSSR count). The van der Waals surface area contributed by atoms with Crippen molar-refractivity contribution >= 4 is 8.32 Å². The summed E-state index contributed by atoms with van der Waals surface area (Å²) in [6, 6.07) is 20.7. The van der Waals surface area contributed by atoms with E-state index in [0.29, 0.717) is 0 Å². The average Bonchev–Trinajstić information content (AvgIpc) is 2.62. The number of ether oxygens (including phenoxy) is 1. The van der Waals surface area contributed by atoms with Crippen molar-refractivity contribution < 1.29 is 9.16 Å². The zero-order valence-electron chi connectivity index (χ0n) is 16.9. The van der Waals surface area contributed by atoms with Gasteiger partial charge in [0.25, 0.3) is 0 Å². The van der Waals surface area contributed by atoms with E-state index in [4.69, 9.17) is 9.16 Å². The number of methoxy groups -OCH3 is 1. The molecule has 0 bridgehead atoms. The van der Waals surface area contributed by atoms with Gasteiger partial charge in [-0.3, -0.25) is 0 Å². The zero-order chi connectivity index (χ0) is 19.2. The lowest BCUT2D eigenvalue weighted by atomic mass is 10.1. The topological polar surface area (TPSA) is 18.5 Å². The van der Waals surface area contributed by atoms with Crippen molar-refractivity contribution in [3.05, 3.63) is 83.9 Å². The third-order valence-electron chi connectivity index (χ3n) is 5.20. The fourth-order valence-corrected chi connectivity index (χ4v) is 3.73. The van der Waals surface area contributed by atoms with Crippen molar-refractivity contribution in [2.24, 2.45) is 0 Å². The Labute approximate surface area is 160 Å². The predicted octanol–water partition coefficient (Wildman–Crippen LogP) is 6.69. The van der Waals surface area contributed by atoms with Gasteiger partial charge in [0.1, 0.15) is 6.10 Å². The van der Waals surface area contributed by atoms with Crippen molar-refractivity contribution in [2.75, 3.05) is 7.11 Å². The Hall–Kier alpha value is -1.68. The molecular formula is C23H32O2Si. The Morgan fingerprint density at radius 3 is 1.62 bits per heavy atom. The minimum absolute atomic E-state index is 0.0709. The molecule has 0 aromatic heterocycles. The van der Waals surface area contributed by atoms with Crippen LogP contribution in [0.4, 0.5) is 0 Å². The maximum Gasteiger partial charge on any atom is 0.193 e.